The Balaban J connectivity index is 2.18. The molecule has 7 atom stereocenters. The van der Waals surface area contributed by atoms with Crippen molar-refractivity contribution >= 4 is 5.91 Å². The monoisotopic (exact) mass is 1050 g/mol. The number of amides is 1. The second kappa shape index (κ2) is 55.0. The van der Waals surface area contributed by atoms with Crippen LogP contribution in [0.15, 0.2) is 24.3 Å². The highest BCUT2D eigenvalue weighted by Gasteiger charge is 2.44. The van der Waals surface area contributed by atoms with E-state index >= 15 is 0 Å². The van der Waals surface area contributed by atoms with Gasteiger partial charge in [0.1, 0.15) is 24.4 Å². The summed E-state index contributed by atoms with van der Waals surface area (Å²) in [6.45, 7) is 3.82. The van der Waals surface area contributed by atoms with Crippen molar-refractivity contribution in [1.29, 1.82) is 0 Å². The number of nitrogens with one attached hydrogen (secondary N) is 1. The highest BCUT2D eigenvalue weighted by molar-refractivity contribution is 5.76. The molecule has 1 rings (SSSR count). The van der Waals surface area contributed by atoms with Crippen LogP contribution in [0.2, 0.25) is 0 Å². The Labute approximate surface area is 458 Å². The Morgan fingerprint density at radius 1 is 0.446 bits per heavy atom. The van der Waals surface area contributed by atoms with Gasteiger partial charge in [-0.2, -0.15) is 0 Å². The molecule has 1 aliphatic heterocycles. The molecule has 0 saturated carbocycles. The lowest BCUT2D eigenvalue weighted by Gasteiger charge is -2.40. The Morgan fingerprint density at radius 3 is 1.14 bits per heavy atom. The fraction of sp³-hybridized carbons (Fsp3) is 0.923. The largest absolute Gasteiger partial charge is 0.394 e. The first-order valence-electron chi connectivity index (χ1n) is 32.6. The third-order valence-electron chi connectivity index (χ3n) is 15.8. The van der Waals surface area contributed by atoms with Crippen LogP contribution in [0.4, 0.5) is 0 Å². The van der Waals surface area contributed by atoms with Crippen molar-refractivity contribution in [3.63, 3.8) is 0 Å². The van der Waals surface area contributed by atoms with Gasteiger partial charge >= 0.3 is 0 Å². The number of carbonyl (C=O) groups excluding carboxylic acids is 1. The lowest BCUT2D eigenvalue weighted by molar-refractivity contribution is -0.302. The van der Waals surface area contributed by atoms with Crippen LogP contribution >= 0.6 is 0 Å². The molecule has 0 aromatic carbocycles. The second-order valence-electron chi connectivity index (χ2n) is 22.9. The quantitative estimate of drug-likeness (QED) is 0.0261. The van der Waals surface area contributed by atoms with Crippen LogP contribution in [0.3, 0.4) is 0 Å². The molecule has 1 saturated heterocycles. The predicted molar refractivity (Wildman–Crippen MR) is 314 cm³/mol. The number of aliphatic hydroxyl groups excluding tert-OH is 5. The maximum Gasteiger partial charge on any atom is 0.220 e. The molecular weight excluding hydrogens is 923 g/mol. The summed E-state index contributed by atoms with van der Waals surface area (Å²) in [6.07, 6.45) is 64.2. The van der Waals surface area contributed by atoms with Gasteiger partial charge in [0, 0.05) is 6.42 Å². The number of hydrogen-bond donors (Lipinski definition) is 6. The van der Waals surface area contributed by atoms with Crippen LogP contribution in [-0.2, 0) is 14.3 Å². The molecule has 0 bridgehead atoms. The summed E-state index contributed by atoms with van der Waals surface area (Å²) < 4.78 is 11.3. The maximum absolute atomic E-state index is 13.1. The number of unbranched alkanes of at least 4 members (excludes halogenated alkanes) is 45. The highest BCUT2D eigenvalue weighted by Crippen LogP contribution is 2.23. The van der Waals surface area contributed by atoms with Gasteiger partial charge in [-0.05, 0) is 32.1 Å². The van der Waals surface area contributed by atoms with Gasteiger partial charge in [-0.1, -0.05) is 314 Å². The van der Waals surface area contributed by atoms with Crippen LogP contribution in [0, 0.1) is 0 Å². The summed E-state index contributed by atoms with van der Waals surface area (Å²) >= 11 is 0. The molecule has 438 valence electrons. The topological polar surface area (TPSA) is 149 Å². The van der Waals surface area contributed by atoms with Gasteiger partial charge in [-0.3, -0.25) is 4.79 Å². The van der Waals surface area contributed by atoms with E-state index in [-0.39, 0.29) is 12.5 Å². The fourth-order valence-electron chi connectivity index (χ4n) is 10.6. The first kappa shape index (κ1) is 70.7. The van der Waals surface area contributed by atoms with Crippen LogP contribution < -0.4 is 5.32 Å². The molecule has 9 heteroatoms. The van der Waals surface area contributed by atoms with Gasteiger partial charge in [-0.25, -0.2) is 0 Å². The minimum atomic E-state index is -1.57. The van der Waals surface area contributed by atoms with E-state index in [1.807, 2.05) is 6.08 Å². The molecular formula is C65H125NO8. The summed E-state index contributed by atoms with van der Waals surface area (Å²) in [7, 11) is 0. The average molecular weight is 1050 g/mol. The van der Waals surface area contributed by atoms with Crippen LogP contribution in [-0.4, -0.2) is 87.5 Å². The molecule has 7 unspecified atom stereocenters. The third-order valence-corrected chi connectivity index (χ3v) is 15.8. The van der Waals surface area contributed by atoms with Crippen molar-refractivity contribution < 1.29 is 39.8 Å². The summed E-state index contributed by atoms with van der Waals surface area (Å²) in [5, 5.41) is 54.6. The second-order valence-corrected chi connectivity index (χ2v) is 22.9. The van der Waals surface area contributed by atoms with E-state index in [0.29, 0.717) is 6.42 Å². The lowest BCUT2D eigenvalue weighted by Crippen LogP contribution is -2.60. The Bertz CT molecular complexity index is 1210. The van der Waals surface area contributed by atoms with Gasteiger partial charge in [0.05, 0.1) is 25.4 Å². The minimum absolute atomic E-state index is 0.179. The maximum atomic E-state index is 13.1. The van der Waals surface area contributed by atoms with Gasteiger partial charge < -0.3 is 40.3 Å². The number of hydrogen-bond acceptors (Lipinski definition) is 8. The molecule has 0 aromatic heterocycles. The molecule has 1 heterocycles. The third kappa shape index (κ3) is 43.6. The molecule has 1 amide bonds. The van der Waals surface area contributed by atoms with Crippen molar-refractivity contribution in [2.75, 3.05) is 13.2 Å². The summed E-state index contributed by atoms with van der Waals surface area (Å²) in [4.78, 5) is 13.1. The normalized spacial score (nSPS) is 19.0. The molecule has 0 aliphatic carbocycles. The van der Waals surface area contributed by atoms with Crippen molar-refractivity contribution in [3.8, 4) is 0 Å². The lowest BCUT2D eigenvalue weighted by atomic mass is 9.99. The van der Waals surface area contributed by atoms with Crippen molar-refractivity contribution in [2.24, 2.45) is 0 Å². The zero-order valence-electron chi connectivity index (χ0n) is 48.9. The van der Waals surface area contributed by atoms with Crippen molar-refractivity contribution in [1.82, 2.24) is 5.32 Å². The van der Waals surface area contributed by atoms with E-state index in [4.69, 9.17) is 9.47 Å². The summed E-state index contributed by atoms with van der Waals surface area (Å²) in [5.74, 6) is -0.179. The first-order chi connectivity index (χ1) is 36.3. The summed E-state index contributed by atoms with van der Waals surface area (Å²) in [5.41, 5.74) is 0. The molecule has 1 fully saturated rings. The average Bonchev–Trinajstić information content (AvgIpc) is 3.40. The number of allylic oxidation sites excluding steroid dienone is 3. The molecule has 0 aromatic rings. The zero-order valence-corrected chi connectivity index (χ0v) is 48.9. The number of aliphatic hydroxyl groups is 5. The van der Waals surface area contributed by atoms with E-state index in [1.165, 1.54) is 270 Å². The van der Waals surface area contributed by atoms with Crippen molar-refractivity contribution in [2.45, 2.75) is 371 Å². The minimum Gasteiger partial charge on any atom is -0.394 e. The Morgan fingerprint density at radius 2 is 0.770 bits per heavy atom. The number of carbonyl (C=O) groups is 1. The van der Waals surface area contributed by atoms with Crippen LogP contribution in [0.5, 0.6) is 0 Å². The van der Waals surface area contributed by atoms with Gasteiger partial charge in [0.25, 0.3) is 0 Å². The van der Waals surface area contributed by atoms with Gasteiger partial charge in [-0.15, -0.1) is 0 Å². The van der Waals surface area contributed by atoms with Gasteiger partial charge in [0.15, 0.2) is 6.29 Å². The summed E-state index contributed by atoms with van der Waals surface area (Å²) in [6, 6.07) is -0.819. The van der Waals surface area contributed by atoms with E-state index < -0.39 is 49.5 Å². The van der Waals surface area contributed by atoms with Crippen LogP contribution in [0.1, 0.15) is 328 Å². The Hall–Kier alpha value is -1.33. The standard InChI is InChI=1S/C65H125NO8/c1-3-5-7-9-11-13-15-17-19-21-23-25-27-28-29-30-31-33-34-36-38-40-42-44-46-48-50-52-54-59(68)58(57-73-65-64(72)63(71)62(70)60(56-67)74-65)66-61(69)55-53-51-49-47-45-43-41-39-37-35-32-26-24-22-20-18-16-14-12-10-8-6-4-2/h44,46,52,54,58-60,62-65,67-68,70-72H,3-43,45,47-51,53,55-57H2,1-2H3,(H,66,69)/b46-44+,54-52+. The number of rotatable bonds is 57. The SMILES string of the molecule is CCCCCCCCCCCCCCCCCCCCCCCC/C=C/CC/C=C/C(O)C(COC1OC(CO)C(O)C(O)C1O)NC(=O)CCCCCCCCCCCCCCCCCCCCCCCCC. The molecule has 0 spiro atoms. The Kier molecular flexibility index (Phi) is 52.5. The molecule has 0 radical (unpaired) electrons. The number of ether oxygens (including phenoxy) is 2. The van der Waals surface area contributed by atoms with E-state index in [2.05, 4.69) is 31.3 Å². The van der Waals surface area contributed by atoms with Crippen molar-refractivity contribution in [3.05, 3.63) is 24.3 Å². The van der Waals surface area contributed by atoms with Crippen LogP contribution in [0.25, 0.3) is 0 Å². The zero-order chi connectivity index (χ0) is 53.6. The van der Waals surface area contributed by atoms with E-state index in [1.54, 1.807) is 6.08 Å². The smallest absolute Gasteiger partial charge is 0.220 e. The first-order valence-corrected chi connectivity index (χ1v) is 32.6. The molecule has 74 heavy (non-hydrogen) atoms. The highest BCUT2D eigenvalue weighted by atomic mass is 16.7. The predicted octanol–water partition coefficient (Wildman–Crippen LogP) is 16.9. The molecule has 6 N–H and O–H groups in total. The van der Waals surface area contributed by atoms with Gasteiger partial charge in [0.2, 0.25) is 5.91 Å². The molecule has 9 nitrogen and oxygen atoms in total. The molecule has 1 aliphatic rings. The van der Waals surface area contributed by atoms with E-state index in [0.717, 1.165) is 38.5 Å². The van der Waals surface area contributed by atoms with E-state index in [9.17, 15) is 30.3 Å². The fourth-order valence-corrected chi connectivity index (χ4v) is 10.6.